The number of ketones is 4. The number of carbonyl (C=O) groups excluding carboxylic acids is 5. The number of Topliss-reactive ketones (excluding diaryl/α,β-unsaturated/α-hetero) is 4. The van der Waals surface area contributed by atoms with Crippen LogP contribution in [0, 0.1) is 28.6 Å². The van der Waals surface area contributed by atoms with Gasteiger partial charge in [-0.25, -0.2) is 0 Å². The van der Waals surface area contributed by atoms with Gasteiger partial charge in [0, 0.05) is 25.3 Å². The third-order valence-corrected chi connectivity index (χ3v) is 9.18. The van der Waals surface area contributed by atoms with E-state index in [-0.39, 0.29) is 17.7 Å². The van der Waals surface area contributed by atoms with Gasteiger partial charge in [-0.05, 0) is 57.0 Å². The summed E-state index contributed by atoms with van der Waals surface area (Å²) >= 11 is 0. The summed E-state index contributed by atoms with van der Waals surface area (Å²) in [5, 5.41) is 21.8. The third kappa shape index (κ3) is 3.94. The minimum atomic E-state index is -2.75. The highest BCUT2D eigenvalue weighted by Gasteiger charge is 2.78. The van der Waals surface area contributed by atoms with Crippen molar-refractivity contribution in [1.29, 1.82) is 5.26 Å². The molecule has 0 radical (unpaired) electrons. The molecule has 0 heterocycles. The van der Waals surface area contributed by atoms with Gasteiger partial charge in [-0.3, -0.25) is 28.9 Å². The molecule has 2 unspecified atom stereocenters. The predicted molar refractivity (Wildman–Crippen MR) is 149 cm³/mol. The Hall–Kier alpha value is -3.66. The molecule has 4 rings (SSSR count). The molecule has 1 aromatic rings. The monoisotopic (exact) mass is 566 g/mol. The number of anilines is 1. The van der Waals surface area contributed by atoms with Crippen molar-refractivity contribution in [1.82, 2.24) is 4.90 Å². The van der Waals surface area contributed by atoms with Crippen LogP contribution in [0.15, 0.2) is 6.07 Å². The van der Waals surface area contributed by atoms with Crippen molar-refractivity contribution < 1.29 is 29.1 Å². The quantitative estimate of drug-likeness (QED) is 0.246. The van der Waals surface area contributed by atoms with E-state index in [9.17, 15) is 34.3 Å². The number of unbranched alkanes of at least 4 members (excludes halogenated alkanes) is 2. The van der Waals surface area contributed by atoms with Crippen LogP contribution in [0.3, 0.4) is 0 Å². The van der Waals surface area contributed by atoms with E-state index in [1.54, 1.807) is 31.1 Å². The fourth-order valence-electron chi connectivity index (χ4n) is 7.46. The molecule has 3 aliphatic rings. The van der Waals surface area contributed by atoms with E-state index in [4.69, 9.17) is 17.2 Å². The number of nitriles is 1. The number of nitrogens with zero attached hydrogens (tertiary/aromatic N) is 3. The van der Waals surface area contributed by atoms with Crippen LogP contribution >= 0.6 is 0 Å². The second-order valence-electron chi connectivity index (χ2n) is 12.2. The molecule has 0 spiro atoms. The predicted octanol–water partition coefficient (Wildman–Crippen LogP) is -0.393. The summed E-state index contributed by atoms with van der Waals surface area (Å²) in [4.78, 5) is 71.5. The lowest BCUT2D eigenvalue weighted by molar-refractivity contribution is -0.166. The molecule has 1 aromatic carbocycles. The van der Waals surface area contributed by atoms with Gasteiger partial charge in [-0.1, -0.05) is 19.8 Å². The number of primary amides is 1. The lowest BCUT2D eigenvalue weighted by Gasteiger charge is -2.60. The number of hydrogen-bond acceptors (Lipinski definition) is 11. The Balaban J connectivity index is 2.00. The number of fused-ring (bicyclic) bond motifs is 3. The lowest BCUT2D eigenvalue weighted by Crippen LogP contribution is -2.85. The zero-order valence-electron chi connectivity index (χ0n) is 24.1. The second kappa shape index (κ2) is 10.0. The molecule has 12 nitrogen and oxygen atoms in total. The summed E-state index contributed by atoms with van der Waals surface area (Å²) in [6.45, 7) is 2.04. The summed E-state index contributed by atoms with van der Waals surface area (Å²) in [7, 11) is 6.50. The van der Waals surface area contributed by atoms with Crippen LogP contribution in [-0.4, -0.2) is 84.4 Å². The number of phenols is 1. The van der Waals surface area contributed by atoms with Gasteiger partial charge in [0.2, 0.25) is 5.91 Å². The fourth-order valence-corrected chi connectivity index (χ4v) is 7.46. The van der Waals surface area contributed by atoms with Crippen molar-refractivity contribution in [3.63, 3.8) is 0 Å². The van der Waals surface area contributed by atoms with Gasteiger partial charge in [0.25, 0.3) is 0 Å². The number of carbonyl (C=O) groups is 5. The Morgan fingerprint density at radius 2 is 1.76 bits per heavy atom. The molecular formula is C29H38N6O6. The van der Waals surface area contributed by atoms with Crippen LogP contribution in [0.4, 0.5) is 5.69 Å². The summed E-state index contributed by atoms with van der Waals surface area (Å²) in [6.07, 6.45) is 2.59. The van der Waals surface area contributed by atoms with Gasteiger partial charge >= 0.3 is 0 Å². The van der Waals surface area contributed by atoms with E-state index < -0.39 is 69.8 Å². The van der Waals surface area contributed by atoms with Crippen molar-refractivity contribution >= 4 is 34.7 Å². The Bertz CT molecular complexity index is 1420. The maximum absolute atomic E-state index is 14.5. The highest BCUT2D eigenvalue weighted by Crippen LogP contribution is 2.57. The van der Waals surface area contributed by atoms with Gasteiger partial charge in [0.1, 0.15) is 11.7 Å². The molecule has 3 aliphatic carbocycles. The van der Waals surface area contributed by atoms with Crippen molar-refractivity contribution in [3.05, 3.63) is 22.8 Å². The van der Waals surface area contributed by atoms with Crippen molar-refractivity contribution in [2.45, 2.75) is 62.6 Å². The second-order valence-corrected chi connectivity index (χ2v) is 12.2. The van der Waals surface area contributed by atoms with E-state index in [1.165, 1.54) is 19.0 Å². The number of hydrogen-bond donors (Lipinski definition) is 4. The normalized spacial score (nSPS) is 32.7. The van der Waals surface area contributed by atoms with E-state index in [1.807, 2.05) is 6.92 Å². The molecule has 0 aromatic heterocycles. The molecule has 41 heavy (non-hydrogen) atoms. The lowest BCUT2D eigenvalue weighted by atomic mass is 9.42. The number of likely N-dealkylation sites (N-methyl/N-ethyl adjacent to an activating group) is 1. The van der Waals surface area contributed by atoms with Gasteiger partial charge < -0.3 is 27.2 Å². The molecule has 2 fully saturated rings. The number of benzene rings is 1. The summed E-state index contributed by atoms with van der Waals surface area (Å²) in [5.74, 6) is -9.67. The number of aromatic hydroxyl groups is 1. The first-order chi connectivity index (χ1) is 19.1. The largest absolute Gasteiger partial charge is 0.507 e. The molecule has 2 saturated carbocycles. The maximum Gasteiger partial charge on any atom is 0.235 e. The average molecular weight is 567 g/mol. The smallest absolute Gasteiger partial charge is 0.235 e. The van der Waals surface area contributed by atoms with Crippen LogP contribution in [0.2, 0.25) is 0 Å². The first-order valence-electron chi connectivity index (χ1n) is 13.7. The molecule has 0 bridgehead atoms. The molecule has 7 N–H and O–H groups in total. The molecule has 6 atom stereocenters. The van der Waals surface area contributed by atoms with Crippen molar-refractivity contribution in [3.8, 4) is 11.8 Å². The van der Waals surface area contributed by atoms with E-state index in [0.717, 1.165) is 19.3 Å². The van der Waals surface area contributed by atoms with Gasteiger partial charge in [-0.15, -0.1) is 0 Å². The summed E-state index contributed by atoms with van der Waals surface area (Å²) < 4.78 is 0. The first kappa shape index (κ1) is 30.3. The average Bonchev–Trinajstić information content (AvgIpc) is 2.84. The minimum absolute atomic E-state index is 0.0744. The SMILES string of the molecule is CCCCCc1cc(N(C)C)c2c(c1O)C(=O)C1C(=O)[C@]3(C#N)C(=O)C(C(N)=O)C(=O)[C@@H](N(C)C)[C@]3(N)C[C@]1(N)C2. The van der Waals surface area contributed by atoms with Gasteiger partial charge in [-0.2, -0.15) is 5.26 Å². The number of aryl methyl sites for hydroxylation is 1. The Kier molecular flexibility index (Phi) is 7.40. The number of amides is 1. The Morgan fingerprint density at radius 1 is 1.12 bits per heavy atom. The molecule has 0 saturated heterocycles. The number of rotatable bonds is 7. The van der Waals surface area contributed by atoms with Crippen LogP contribution in [0.5, 0.6) is 5.75 Å². The molecule has 220 valence electrons. The van der Waals surface area contributed by atoms with Crippen LogP contribution in [0.25, 0.3) is 0 Å². The van der Waals surface area contributed by atoms with Crippen LogP contribution < -0.4 is 22.1 Å². The van der Waals surface area contributed by atoms with E-state index in [2.05, 4.69) is 0 Å². The Morgan fingerprint density at radius 3 is 2.27 bits per heavy atom. The van der Waals surface area contributed by atoms with Crippen molar-refractivity contribution in [2.75, 3.05) is 33.1 Å². The number of nitrogens with two attached hydrogens (primary N) is 3. The summed E-state index contributed by atoms with van der Waals surface area (Å²) in [5.41, 5.74) is 14.0. The Labute approximate surface area is 238 Å². The van der Waals surface area contributed by atoms with E-state index in [0.29, 0.717) is 23.2 Å². The minimum Gasteiger partial charge on any atom is -0.507 e. The standard InChI is InChI=1S/C29H38N6O6/c1-6-7-8-9-14-10-16(34(2)3)15-11-27(32)12-29(33)23(35(4)5)22(38)18(26(31)41)24(39)28(29,13-30)25(40)19(27)21(37)17(15)20(14)36/h10,18-19,23,36H,6-9,11-12,32-33H2,1-5H3,(H2,31,41)/t18?,19?,23-,27-,28+,29-/m1/s1. The van der Waals surface area contributed by atoms with E-state index >= 15 is 0 Å². The zero-order valence-corrected chi connectivity index (χ0v) is 24.1. The first-order valence-corrected chi connectivity index (χ1v) is 13.7. The molecule has 0 aliphatic heterocycles. The van der Waals surface area contributed by atoms with Gasteiger partial charge in [0.05, 0.1) is 23.2 Å². The molecular weight excluding hydrogens is 528 g/mol. The highest BCUT2D eigenvalue weighted by atomic mass is 16.3. The van der Waals surface area contributed by atoms with Gasteiger partial charge in [0.15, 0.2) is 34.5 Å². The molecule has 12 heteroatoms. The zero-order chi connectivity index (χ0) is 30.8. The molecule has 1 amide bonds. The van der Waals surface area contributed by atoms with Crippen LogP contribution in [0.1, 0.15) is 54.1 Å². The van der Waals surface area contributed by atoms with Crippen molar-refractivity contribution in [2.24, 2.45) is 34.5 Å². The van der Waals surface area contributed by atoms with Crippen LogP contribution in [-0.2, 0) is 32.0 Å². The third-order valence-electron chi connectivity index (χ3n) is 9.18. The topological polar surface area (TPSA) is 214 Å². The fraction of sp³-hybridized carbons (Fsp3) is 0.586. The maximum atomic E-state index is 14.5. The summed E-state index contributed by atoms with van der Waals surface area (Å²) in [6, 6.07) is 2.09. The number of phenolic OH excluding ortho intramolecular Hbond substituents is 1. The highest BCUT2D eigenvalue weighted by molar-refractivity contribution is 6.33.